The van der Waals surface area contributed by atoms with Gasteiger partial charge in [0.15, 0.2) is 0 Å². The number of aromatic nitrogens is 2. The minimum absolute atomic E-state index is 0.0264. The molecule has 0 saturated heterocycles. The van der Waals surface area contributed by atoms with Crippen LogP contribution in [-0.4, -0.2) is 27.7 Å². The average Bonchev–Trinajstić information content (AvgIpc) is 2.71. The highest BCUT2D eigenvalue weighted by molar-refractivity contribution is 5.84. The van der Waals surface area contributed by atoms with Gasteiger partial charge in [0.2, 0.25) is 5.82 Å². The van der Waals surface area contributed by atoms with E-state index in [4.69, 9.17) is 9.84 Å². The van der Waals surface area contributed by atoms with Crippen molar-refractivity contribution in [2.75, 3.05) is 7.11 Å². The van der Waals surface area contributed by atoms with Gasteiger partial charge in [0, 0.05) is 18.8 Å². The van der Waals surface area contributed by atoms with Crippen LogP contribution in [0.2, 0.25) is 0 Å². The number of nitrogens with zero attached hydrogens (tertiary/aromatic N) is 2. The smallest absolute Gasteiger partial charge is 0.372 e. The van der Waals surface area contributed by atoms with Crippen LogP contribution in [0.3, 0.4) is 0 Å². The molecule has 94 valence electrons. The lowest BCUT2D eigenvalue weighted by Gasteiger charge is -2.05. The standard InChI is InChI=1S/C13H14N2O3/c1-8-6-9(4-5-11(8)18-3)10-7-15(2)12(14-10)13(16)17/h4-7H,1-3H3,(H,16,17). The Balaban J connectivity index is 2.46. The monoisotopic (exact) mass is 246 g/mol. The van der Waals surface area contributed by atoms with Crippen LogP contribution in [0.4, 0.5) is 0 Å². The van der Waals surface area contributed by atoms with Gasteiger partial charge in [0.1, 0.15) is 5.75 Å². The number of benzene rings is 1. The van der Waals surface area contributed by atoms with Crippen molar-refractivity contribution >= 4 is 5.97 Å². The predicted molar refractivity (Wildman–Crippen MR) is 66.9 cm³/mol. The Hall–Kier alpha value is -2.30. The third-order valence-corrected chi connectivity index (χ3v) is 2.76. The first-order valence-electron chi connectivity index (χ1n) is 5.44. The van der Waals surface area contributed by atoms with Gasteiger partial charge >= 0.3 is 5.97 Å². The van der Waals surface area contributed by atoms with E-state index in [2.05, 4.69) is 4.98 Å². The summed E-state index contributed by atoms with van der Waals surface area (Å²) < 4.78 is 6.68. The predicted octanol–water partition coefficient (Wildman–Crippen LogP) is 2.10. The van der Waals surface area contributed by atoms with Crippen LogP contribution in [0.15, 0.2) is 24.4 Å². The largest absolute Gasteiger partial charge is 0.496 e. The number of rotatable bonds is 3. The fourth-order valence-corrected chi connectivity index (χ4v) is 1.84. The molecule has 0 aliphatic rings. The molecule has 0 fully saturated rings. The Bertz CT molecular complexity index is 602. The number of carboxylic acids is 1. The van der Waals surface area contributed by atoms with Crippen LogP contribution < -0.4 is 4.74 Å². The quantitative estimate of drug-likeness (QED) is 0.900. The first kappa shape index (κ1) is 12.2. The zero-order chi connectivity index (χ0) is 13.3. The molecule has 0 unspecified atom stereocenters. The van der Waals surface area contributed by atoms with E-state index in [1.807, 2.05) is 25.1 Å². The zero-order valence-corrected chi connectivity index (χ0v) is 10.5. The minimum Gasteiger partial charge on any atom is -0.496 e. The van der Waals surface area contributed by atoms with E-state index in [-0.39, 0.29) is 5.82 Å². The summed E-state index contributed by atoms with van der Waals surface area (Å²) in [4.78, 5) is 15.0. The highest BCUT2D eigenvalue weighted by atomic mass is 16.5. The summed E-state index contributed by atoms with van der Waals surface area (Å²) in [6.45, 7) is 1.93. The third-order valence-electron chi connectivity index (χ3n) is 2.76. The molecule has 5 nitrogen and oxygen atoms in total. The van der Waals surface area contributed by atoms with E-state index in [9.17, 15) is 4.79 Å². The molecule has 0 radical (unpaired) electrons. The van der Waals surface area contributed by atoms with Gasteiger partial charge in [-0.3, -0.25) is 0 Å². The van der Waals surface area contributed by atoms with Gasteiger partial charge in [0.25, 0.3) is 0 Å². The Labute approximate surface area is 105 Å². The van der Waals surface area contributed by atoms with Crippen molar-refractivity contribution < 1.29 is 14.6 Å². The summed E-state index contributed by atoms with van der Waals surface area (Å²) in [6, 6.07) is 5.63. The molecule has 1 heterocycles. The Morgan fingerprint density at radius 2 is 2.17 bits per heavy atom. The molecule has 2 rings (SSSR count). The van der Waals surface area contributed by atoms with Crippen molar-refractivity contribution in [3.8, 4) is 17.0 Å². The lowest BCUT2D eigenvalue weighted by molar-refractivity contribution is 0.0680. The molecule has 18 heavy (non-hydrogen) atoms. The Morgan fingerprint density at radius 3 is 2.67 bits per heavy atom. The van der Waals surface area contributed by atoms with Crippen molar-refractivity contribution in [3.05, 3.63) is 35.8 Å². The topological polar surface area (TPSA) is 64.3 Å². The second-order valence-corrected chi connectivity index (χ2v) is 4.05. The molecule has 0 spiro atoms. The van der Waals surface area contributed by atoms with Crippen LogP contribution in [0, 0.1) is 6.92 Å². The third kappa shape index (κ3) is 2.07. The van der Waals surface area contributed by atoms with E-state index >= 15 is 0 Å². The molecule has 0 saturated carbocycles. The van der Waals surface area contributed by atoms with Crippen molar-refractivity contribution in [2.45, 2.75) is 6.92 Å². The van der Waals surface area contributed by atoms with E-state index in [1.54, 1.807) is 20.4 Å². The highest BCUT2D eigenvalue weighted by Crippen LogP contribution is 2.25. The number of carboxylic acid groups (broad SMARTS) is 1. The van der Waals surface area contributed by atoms with Crippen molar-refractivity contribution in [1.29, 1.82) is 0 Å². The van der Waals surface area contributed by atoms with Gasteiger partial charge in [-0.05, 0) is 30.7 Å². The van der Waals surface area contributed by atoms with Gasteiger partial charge in [-0.25, -0.2) is 9.78 Å². The normalized spacial score (nSPS) is 10.4. The summed E-state index contributed by atoms with van der Waals surface area (Å²) in [5, 5.41) is 8.96. The Morgan fingerprint density at radius 1 is 1.44 bits per heavy atom. The Kier molecular flexibility index (Phi) is 3.06. The first-order chi connectivity index (χ1) is 8.52. The molecule has 0 aliphatic carbocycles. The molecule has 2 aromatic rings. The molecule has 0 atom stereocenters. The maximum atomic E-state index is 10.9. The molecule has 1 aromatic heterocycles. The van der Waals surface area contributed by atoms with Crippen molar-refractivity contribution in [1.82, 2.24) is 9.55 Å². The minimum atomic E-state index is -1.03. The second-order valence-electron chi connectivity index (χ2n) is 4.05. The number of carbonyl (C=O) groups is 1. The van der Waals surface area contributed by atoms with E-state index < -0.39 is 5.97 Å². The van der Waals surface area contributed by atoms with Gasteiger partial charge < -0.3 is 14.4 Å². The van der Waals surface area contributed by atoms with Gasteiger partial charge in [0.05, 0.1) is 12.8 Å². The van der Waals surface area contributed by atoms with Crippen molar-refractivity contribution in [2.24, 2.45) is 7.05 Å². The van der Waals surface area contributed by atoms with Gasteiger partial charge in [-0.2, -0.15) is 0 Å². The van der Waals surface area contributed by atoms with Crippen LogP contribution in [0.25, 0.3) is 11.3 Å². The highest BCUT2D eigenvalue weighted by Gasteiger charge is 2.13. The summed E-state index contributed by atoms with van der Waals surface area (Å²) >= 11 is 0. The fourth-order valence-electron chi connectivity index (χ4n) is 1.84. The molecule has 0 aliphatic heterocycles. The maximum Gasteiger partial charge on any atom is 0.372 e. The second kappa shape index (κ2) is 4.52. The number of methoxy groups -OCH3 is 1. The van der Waals surface area contributed by atoms with Crippen LogP contribution >= 0.6 is 0 Å². The van der Waals surface area contributed by atoms with Gasteiger partial charge in [-0.1, -0.05) is 0 Å². The van der Waals surface area contributed by atoms with E-state index in [1.165, 1.54) is 4.57 Å². The lowest BCUT2D eigenvalue weighted by Crippen LogP contribution is -2.04. The number of aryl methyl sites for hydroxylation is 2. The number of hydrogen-bond acceptors (Lipinski definition) is 3. The molecule has 0 amide bonds. The molecular formula is C13H14N2O3. The molecule has 0 bridgehead atoms. The number of aromatic carboxylic acids is 1. The number of hydrogen-bond donors (Lipinski definition) is 1. The molecule has 1 aromatic carbocycles. The van der Waals surface area contributed by atoms with E-state index in [0.717, 1.165) is 16.9 Å². The zero-order valence-electron chi connectivity index (χ0n) is 10.5. The molecule has 5 heteroatoms. The van der Waals surface area contributed by atoms with Crippen LogP contribution in [0.1, 0.15) is 16.2 Å². The first-order valence-corrected chi connectivity index (χ1v) is 5.44. The summed E-state index contributed by atoms with van der Waals surface area (Å²) in [6.07, 6.45) is 1.70. The average molecular weight is 246 g/mol. The van der Waals surface area contributed by atoms with Crippen LogP contribution in [-0.2, 0) is 7.05 Å². The van der Waals surface area contributed by atoms with Crippen LogP contribution in [0.5, 0.6) is 5.75 Å². The summed E-state index contributed by atoms with van der Waals surface area (Å²) in [5.41, 5.74) is 2.49. The SMILES string of the molecule is COc1ccc(-c2cn(C)c(C(=O)O)n2)cc1C. The maximum absolute atomic E-state index is 10.9. The molecular weight excluding hydrogens is 232 g/mol. The lowest BCUT2D eigenvalue weighted by atomic mass is 10.1. The molecule has 1 N–H and O–H groups in total. The summed E-state index contributed by atoms with van der Waals surface area (Å²) in [5.74, 6) is -0.208. The van der Waals surface area contributed by atoms with E-state index in [0.29, 0.717) is 5.69 Å². The fraction of sp³-hybridized carbons (Fsp3) is 0.231. The number of ether oxygens (including phenoxy) is 1. The van der Waals surface area contributed by atoms with Gasteiger partial charge in [-0.15, -0.1) is 0 Å². The number of imidazole rings is 1. The van der Waals surface area contributed by atoms with Crippen molar-refractivity contribution in [3.63, 3.8) is 0 Å². The summed E-state index contributed by atoms with van der Waals surface area (Å²) in [7, 11) is 3.28.